The van der Waals surface area contributed by atoms with Crippen molar-refractivity contribution in [1.82, 2.24) is 5.32 Å². The second kappa shape index (κ2) is 8.35. The highest BCUT2D eigenvalue weighted by Gasteiger charge is 2.11. The summed E-state index contributed by atoms with van der Waals surface area (Å²) in [4.78, 5) is 32.1. The van der Waals surface area contributed by atoms with Gasteiger partial charge in [0, 0.05) is 24.9 Å². The average Bonchev–Trinajstić information content (AvgIpc) is 2.48. The van der Waals surface area contributed by atoms with Gasteiger partial charge < -0.3 is 15.7 Å². The number of carboxylic acid groups (broad SMARTS) is 1. The Morgan fingerprint density at radius 2 is 2.17 bits per heavy atom. The summed E-state index contributed by atoms with van der Waals surface area (Å²) in [5, 5.41) is 33.0. The fourth-order valence-electron chi connectivity index (χ4n) is 1.41. The fraction of sp³-hybridized carbons (Fsp3) is 0.154. The number of carbonyl (C=O) groups excluding carboxylic acids is 1. The first kappa shape index (κ1) is 17.9. The van der Waals surface area contributed by atoms with Gasteiger partial charge in [-0.3, -0.25) is 19.7 Å². The molecule has 0 saturated heterocycles. The number of nitrogens with zero attached hydrogens (tertiary/aromatic N) is 2. The molecule has 0 fully saturated rings. The van der Waals surface area contributed by atoms with E-state index < -0.39 is 16.8 Å². The van der Waals surface area contributed by atoms with Gasteiger partial charge >= 0.3 is 5.97 Å². The molecule has 10 heteroatoms. The fourth-order valence-corrected chi connectivity index (χ4v) is 1.59. The number of anilines is 1. The molecule has 1 aromatic carbocycles. The number of halogens is 1. The molecule has 23 heavy (non-hydrogen) atoms. The van der Waals surface area contributed by atoms with Crippen molar-refractivity contribution in [3.05, 3.63) is 45.1 Å². The maximum atomic E-state index is 11.7. The molecule has 0 aliphatic carbocycles. The molecule has 120 valence electrons. The third-order valence-electron chi connectivity index (χ3n) is 2.52. The zero-order valence-electron chi connectivity index (χ0n) is 11.6. The van der Waals surface area contributed by atoms with Crippen molar-refractivity contribution in [1.29, 1.82) is 5.26 Å². The van der Waals surface area contributed by atoms with Gasteiger partial charge in [-0.15, -0.1) is 0 Å². The van der Waals surface area contributed by atoms with Crippen LogP contribution in [-0.2, 0) is 9.59 Å². The first-order chi connectivity index (χ1) is 10.8. The van der Waals surface area contributed by atoms with Gasteiger partial charge in [-0.1, -0.05) is 11.6 Å². The van der Waals surface area contributed by atoms with E-state index in [0.29, 0.717) is 0 Å². The lowest BCUT2D eigenvalue weighted by molar-refractivity contribution is -0.384. The number of carboxylic acids is 1. The Balaban J connectivity index is 2.82. The highest BCUT2D eigenvalue weighted by molar-refractivity contribution is 6.33. The summed E-state index contributed by atoms with van der Waals surface area (Å²) in [5.74, 6) is -1.86. The Morgan fingerprint density at radius 1 is 1.48 bits per heavy atom. The summed E-state index contributed by atoms with van der Waals surface area (Å²) >= 11 is 5.86. The molecular weight excluding hydrogens is 328 g/mol. The van der Waals surface area contributed by atoms with Crippen LogP contribution in [0.1, 0.15) is 6.42 Å². The lowest BCUT2D eigenvalue weighted by Gasteiger charge is -2.05. The van der Waals surface area contributed by atoms with E-state index in [0.717, 1.165) is 12.3 Å². The zero-order chi connectivity index (χ0) is 17.4. The molecule has 0 unspecified atom stereocenters. The second-order valence-corrected chi connectivity index (χ2v) is 4.54. The van der Waals surface area contributed by atoms with E-state index in [1.54, 1.807) is 6.07 Å². The number of benzene rings is 1. The highest BCUT2D eigenvalue weighted by Crippen LogP contribution is 2.26. The number of aliphatic carboxylic acids is 1. The standard InChI is InChI=1S/C13H11ClN4O5/c14-10-2-1-9(18(22)23)5-11(10)17-7-8(6-15)13(21)16-4-3-12(19)20/h1-2,5,7,17H,3-4H2,(H,16,21)(H,19,20)/b8-7-. The molecule has 3 N–H and O–H groups in total. The van der Waals surface area contributed by atoms with E-state index in [1.807, 2.05) is 0 Å². The minimum absolute atomic E-state index is 0.134. The molecule has 0 saturated carbocycles. The van der Waals surface area contributed by atoms with Gasteiger partial charge in [0.25, 0.3) is 11.6 Å². The van der Waals surface area contributed by atoms with Crippen LogP contribution >= 0.6 is 11.6 Å². The third kappa shape index (κ3) is 5.64. The smallest absolute Gasteiger partial charge is 0.305 e. The molecule has 9 nitrogen and oxygen atoms in total. The van der Waals surface area contributed by atoms with Gasteiger partial charge in [0.2, 0.25) is 0 Å². The van der Waals surface area contributed by atoms with Gasteiger partial charge in [-0.05, 0) is 6.07 Å². The molecule has 1 rings (SSSR count). The van der Waals surface area contributed by atoms with Gasteiger partial charge in [0.05, 0.1) is 22.1 Å². The van der Waals surface area contributed by atoms with Gasteiger partial charge in [0.15, 0.2) is 0 Å². The summed E-state index contributed by atoms with van der Waals surface area (Å²) in [6, 6.07) is 5.29. The first-order valence-electron chi connectivity index (χ1n) is 6.16. The van der Waals surface area contributed by atoms with Crippen LogP contribution in [0.15, 0.2) is 30.0 Å². The summed E-state index contributed by atoms with van der Waals surface area (Å²) in [5.41, 5.74) is -0.403. The van der Waals surface area contributed by atoms with Crippen molar-refractivity contribution in [3.8, 4) is 6.07 Å². The van der Waals surface area contributed by atoms with Crippen LogP contribution in [0.5, 0.6) is 0 Å². The number of nitriles is 1. The zero-order valence-corrected chi connectivity index (χ0v) is 12.3. The van der Waals surface area contributed by atoms with Crippen LogP contribution in [0.2, 0.25) is 5.02 Å². The van der Waals surface area contributed by atoms with Crippen molar-refractivity contribution in [2.45, 2.75) is 6.42 Å². The van der Waals surface area contributed by atoms with Crippen LogP contribution in [0.25, 0.3) is 0 Å². The van der Waals surface area contributed by atoms with Gasteiger partial charge in [-0.2, -0.15) is 5.26 Å². The van der Waals surface area contributed by atoms with E-state index in [1.165, 1.54) is 12.1 Å². The number of rotatable bonds is 7. The van der Waals surface area contributed by atoms with E-state index >= 15 is 0 Å². The topological polar surface area (TPSA) is 145 Å². The molecule has 0 aliphatic heterocycles. The van der Waals surface area contributed by atoms with Gasteiger partial charge in [0.1, 0.15) is 11.6 Å². The molecule has 0 aromatic heterocycles. The minimum atomic E-state index is -1.09. The normalized spacial score (nSPS) is 10.5. The largest absolute Gasteiger partial charge is 0.481 e. The minimum Gasteiger partial charge on any atom is -0.481 e. The molecule has 0 heterocycles. The Kier molecular flexibility index (Phi) is 6.51. The highest BCUT2D eigenvalue weighted by atomic mass is 35.5. The SMILES string of the molecule is N#C/C(=C/Nc1cc([N+](=O)[O-])ccc1Cl)C(=O)NCCC(=O)O. The maximum absolute atomic E-state index is 11.7. The summed E-state index contributed by atoms with van der Waals surface area (Å²) in [6.07, 6.45) is 0.746. The number of carbonyl (C=O) groups is 2. The van der Waals surface area contributed by atoms with E-state index in [4.69, 9.17) is 22.0 Å². The summed E-state index contributed by atoms with van der Waals surface area (Å²) in [6.45, 7) is -0.134. The molecular formula is C13H11ClN4O5. The number of non-ortho nitro benzene ring substituents is 1. The van der Waals surface area contributed by atoms with Crippen LogP contribution in [0.4, 0.5) is 11.4 Å². The maximum Gasteiger partial charge on any atom is 0.305 e. The van der Waals surface area contributed by atoms with Crippen molar-refractivity contribution < 1.29 is 19.6 Å². The van der Waals surface area contributed by atoms with Gasteiger partial charge in [-0.25, -0.2) is 0 Å². The Labute approximate surface area is 135 Å². The number of nitrogens with one attached hydrogen (secondary N) is 2. The number of hydrogen-bond donors (Lipinski definition) is 3. The first-order valence-corrected chi connectivity index (χ1v) is 6.53. The predicted octanol–water partition coefficient (Wildman–Crippen LogP) is 1.66. The molecule has 0 bridgehead atoms. The average molecular weight is 339 g/mol. The van der Waals surface area contributed by atoms with Crippen molar-refractivity contribution in [3.63, 3.8) is 0 Å². The second-order valence-electron chi connectivity index (χ2n) is 4.14. The lowest BCUT2D eigenvalue weighted by atomic mass is 10.2. The number of nitro groups is 1. The van der Waals surface area contributed by atoms with E-state index in [-0.39, 0.29) is 34.9 Å². The van der Waals surface area contributed by atoms with Crippen molar-refractivity contribution in [2.75, 3.05) is 11.9 Å². The van der Waals surface area contributed by atoms with Crippen molar-refractivity contribution in [2.24, 2.45) is 0 Å². The molecule has 0 aliphatic rings. The van der Waals surface area contributed by atoms with Crippen molar-refractivity contribution >= 4 is 34.9 Å². The van der Waals surface area contributed by atoms with E-state index in [2.05, 4.69) is 10.6 Å². The lowest BCUT2D eigenvalue weighted by Crippen LogP contribution is -2.27. The number of hydrogen-bond acceptors (Lipinski definition) is 6. The van der Waals surface area contributed by atoms with Crippen LogP contribution < -0.4 is 10.6 Å². The Morgan fingerprint density at radius 3 is 2.74 bits per heavy atom. The Bertz CT molecular complexity index is 711. The molecule has 0 atom stereocenters. The quantitative estimate of drug-likeness (QED) is 0.296. The predicted molar refractivity (Wildman–Crippen MR) is 80.7 cm³/mol. The molecule has 1 amide bonds. The van der Waals surface area contributed by atoms with Crippen LogP contribution in [0.3, 0.4) is 0 Å². The molecule has 1 aromatic rings. The number of amides is 1. The molecule has 0 spiro atoms. The summed E-state index contributed by atoms with van der Waals surface area (Å²) < 4.78 is 0. The monoisotopic (exact) mass is 338 g/mol. The Hall–Kier alpha value is -3.12. The van der Waals surface area contributed by atoms with Crippen LogP contribution in [-0.4, -0.2) is 28.5 Å². The van der Waals surface area contributed by atoms with Crippen LogP contribution in [0, 0.1) is 21.4 Å². The molecule has 0 radical (unpaired) electrons. The summed E-state index contributed by atoms with van der Waals surface area (Å²) in [7, 11) is 0. The number of nitro benzene ring substituents is 1. The van der Waals surface area contributed by atoms with E-state index in [9.17, 15) is 19.7 Å². The third-order valence-corrected chi connectivity index (χ3v) is 2.85.